The molecule has 2 aliphatic rings. The summed E-state index contributed by atoms with van der Waals surface area (Å²) in [4.78, 5) is 5.28. The minimum absolute atomic E-state index is 0.383. The molecule has 0 bridgehead atoms. The lowest BCUT2D eigenvalue weighted by Gasteiger charge is -2.49. The number of nitrogens with two attached hydrogens (primary N) is 1. The van der Waals surface area contributed by atoms with Gasteiger partial charge in [0.1, 0.15) is 0 Å². The van der Waals surface area contributed by atoms with Crippen LogP contribution in [0.3, 0.4) is 0 Å². The maximum atomic E-state index is 6.47. The van der Waals surface area contributed by atoms with Crippen LogP contribution >= 0.6 is 0 Å². The zero-order chi connectivity index (χ0) is 14.9. The zero-order valence-electron chi connectivity index (χ0n) is 14.2. The van der Waals surface area contributed by atoms with Crippen LogP contribution in [0.15, 0.2) is 0 Å². The molecule has 1 aliphatic heterocycles. The Morgan fingerprint density at radius 1 is 1.15 bits per heavy atom. The van der Waals surface area contributed by atoms with Crippen molar-refractivity contribution in [2.75, 3.05) is 26.2 Å². The van der Waals surface area contributed by atoms with E-state index in [2.05, 4.69) is 44.4 Å². The summed E-state index contributed by atoms with van der Waals surface area (Å²) in [5, 5.41) is 0. The summed E-state index contributed by atoms with van der Waals surface area (Å²) in [6, 6.07) is 1.67. The molecule has 0 aromatic rings. The number of hydrogen-bond acceptors (Lipinski definition) is 3. The molecule has 1 aliphatic carbocycles. The lowest BCUT2D eigenvalue weighted by molar-refractivity contribution is 0.0147. The standard InChI is InChI=1S/C17H35N3/c1-6-19-9-10-20(12-13(19)2)16-11-14(17(3,4)5)7-8-15(16)18/h13-16H,6-12,18H2,1-5H3. The van der Waals surface area contributed by atoms with Crippen molar-refractivity contribution in [2.24, 2.45) is 17.1 Å². The SMILES string of the molecule is CCN1CCN(C2CC(C(C)(C)C)CCC2N)CC1C. The monoisotopic (exact) mass is 281 g/mol. The summed E-state index contributed by atoms with van der Waals surface area (Å²) >= 11 is 0. The fraction of sp³-hybridized carbons (Fsp3) is 1.00. The predicted molar refractivity (Wildman–Crippen MR) is 86.8 cm³/mol. The second-order valence-corrected chi connectivity index (χ2v) is 8.08. The van der Waals surface area contributed by atoms with Crippen molar-refractivity contribution in [1.29, 1.82) is 0 Å². The maximum Gasteiger partial charge on any atom is 0.0251 e. The summed E-state index contributed by atoms with van der Waals surface area (Å²) in [5.41, 5.74) is 6.90. The fourth-order valence-electron chi connectivity index (χ4n) is 4.17. The van der Waals surface area contributed by atoms with Gasteiger partial charge in [0.05, 0.1) is 0 Å². The van der Waals surface area contributed by atoms with Gasteiger partial charge in [-0.1, -0.05) is 27.7 Å². The summed E-state index contributed by atoms with van der Waals surface area (Å²) in [6.45, 7) is 16.6. The van der Waals surface area contributed by atoms with Gasteiger partial charge < -0.3 is 5.73 Å². The lowest BCUT2D eigenvalue weighted by Crippen LogP contribution is -2.60. The summed E-state index contributed by atoms with van der Waals surface area (Å²) in [7, 11) is 0. The molecule has 4 unspecified atom stereocenters. The highest BCUT2D eigenvalue weighted by molar-refractivity contribution is 4.95. The van der Waals surface area contributed by atoms with Gasteiger partial charge in [0.15, 0.2) is 0 Å². The Morgan fingerprint density at radius 3 is 2.40 bits per heavy atom. The van der Waals surface area contributed by atoms with Gasteiger partial charge in [-0.15, -0.1) is 0 Å². The highest BCUT2D eigenvalue weighted by Crippen LogP contribution is 2.39. The Labute approximate surface area is 125 Å². The molecule has 0 aromatic heterocycles. The lowest BCUT2D eigenvalue weighted by atomic mass is 9.69. The van der Waals surface area contributed by atoms with E-state index < -0.39 is 0 Å². The van der Waals surface area contributed by atoms with Crippen molar-refractivity contribution in [3.63, 3.8) is 0 Å². The maximum absolute atomic E-state index is 6.47. The first-order valence-corrected chi connectivity index (χ1v) is 8.56. The summed E-state index contributed by atoms with van der Waals surface area (Å²) < 4.78 is 0. The molecule has 2 rings (SSSR count). The molecule has 2 fully saturated rings. The zero-order valence-corrected chi connectivity index (χ0v) is 14.2. The molecule has 20 heavy (non-hydrogen) atoms. The van der Waals surface area contributed by atoms with Crippen molar-refractivity contribution in [3.05, 3.63) is 0 Å². The third-order valence-electron chi connectivity index (χ3n) is 5.77. The second kappa shape index (κ2) is 6.33. The van der Waals surface area contributed by atoms with E-state index in [1.807, 2.05) is 0 Å². The van der Waals surface area contributed by atoms with Crippen molar-refractivity contribution >= 4 is 0 Å². The van der Waals surface area contributed by atoms with Crippen LogP contribution in [0.5, 0.6) is 0 Å². The predicted octanol–water partition coefficient (Wildman–Crippen LogP) is 2.55. The number of piperazine rings is 1. The van der Waals surface area contributed by atoms with Crippen LogP contribution in [-0.4, -0.2) is 54.1 Å². The van der Waals surface area contributed by atoms with Crippen LogP contribution in [0.4, 0.5) is 0 Å². The molecule has 2 N–H and O–H groups in total. The molecule has 4 atom stereocenters. The van der Waals surface area contributed by atoms with E-state index in [1.54, 1.807) is 0 Å². The Balaban J connectivity index is 2.00. The van der Waals surface area contributed by atoms with E-state index >= 15 is 0 Å². The van der Waals surface area contributed by atoms with Crippen molar-refractivity contribution < 1.29 is 0 Å². The van der Waals surface area contributed by atoms with Crippen molar-refractivity contribution in [3.8, 4) is 0 Å². The first-order chi connectivity index (χ1) is 9.32. The van der Waals surface area contributed by atoms with Crippen molar-refractivity contribution in [2.45, 2.75) is 72.0 Å². The number of nitrogens with zero attached hydrogens (tertiary/aromatic N) is 2. The Bertz CT molecular complexity index is 310. The van der Waals surface area contributed by atoms with Gasteiger partial charge in [0.2, 0.25) is 0 Å². The smallest absolute Gasteiger partial charge is 0.0251 e. The van der Waals surface area contributed by atoms with Gasteiger partial charge in [0.25, 0.3) is 0 Å². The van der Waals surface area contributed by atoms with Crippen molar-refractivity contribution in [1.82, 2.24) is 9.80 Å². The van der Waals surface area contributed by atoms with Gasteiger partial charge in [-0.3, -0.25) is 9.80 Å². The van der Waals surface area contributed by atoms with Crippen LogP contribution in [0.2, 0.25) is 0 Å². The molecule has 3 nitrogen and oxygen atoms in total. The molecule has 118 valence electrons. The van der Waals surface area contributed by atoms with Crippen LogP contribution in [0.25, 0.3) is 0 Å². The molecule has 0 radical (unpaired) electrons. The van der Waals surface area contributed by atoms with Gasteiger partial charge in [-0.2, -0.15) is 0 Å². The molecular formula is C17H35N3. The highest BCUT2D eigenvalue weighted by atomic mass is 15.3. The van der Waals surface area contributed by atoms with E-state index in [1.165, 1.54) is 45.4 Å². The molecule has 0 spiro atoms. The summed E-state index contributed by atoms with van der Waals surface area (Å²) in [6.07, 6.45) is 3.81. The molecule has 3 heteroatoms. The number of likely N-dealkylation sites (N-methyl/N-ethyl adjacent to an activating group) is 1. The first-order valence-electron chi connectivity index (χ1n) is 8.56. The van der Waals surface area contributed by atoms with E-state index in [4.69, 9.17) is 5.73 Å². The van der Waals surface area contributed by atoms with E-state index in [9.17, 15) is 0 Å². The molecule has 0 aromatic carbocycles. The Kier molecular flexibility index (Phi) is 5.14. The Hall–Kier alpha value is -0.120. The molecule has 1 heterocycles. The van der Waals surface area contributed by atoms with Crippen LogP contribution in [-0.2, 0) is 0 Å². The van der Waals surface area contributed by atoms with Gasteiger partial charge in [0, 0.05) is 37.8 Å². The number of rotatable bonds is 2. The van der Waals surface area contributed by atoms with E-state index in [-0.39, 0.29) is 0 Å². The third-order valence-corrected chi connectivity index (χ3v) is 5.77. The molecule has 1 saturated carbocycles. The highest BCUT2D eigenvalue weighted by Gasteiger charge is 2.38. The van der Waals surface area contributed by atoms with Crippen LogP contribution < -0.4 is 5.73 Å². The van der Waals surface area contributed by atoms with Gasteiger partial charge in [-0.25, -0.2) is 0 Å². The normalized spacial score (nSPS) is 38.1. The van der Waals surface area contributed by atoms with Gasteiger partial charge in [-0.05, 0) is 44.1 Å². The van der Waals surface area contributed by atoms with Gasteiger partial charge >= 0.3 is 0 Å². The topological polar surface area (TPSA) is 32.5 Å². The molecular weight excluding hydrogens is 246 g/mol. The van der Waals surface area contributed by atoms with E-state index in [0.717, 1.165) is 5.92 Å². The molecule has 1 saturated heterocycles. The minimum Gasteiger partial charge on any atom is -0.326 e. The average molecular weight is 281 g/mol. The quantitative estimate of drug-likeness (QED) is 0.844. The van der Waals surface area contributed by atoms with E-state index in [0.29, 0.717) is 23.5 Å². The second-order valence-electron chi connectivity index (χ2n) is 8.08. The molecule has 0 amide bonds. The van der Waals surface area contributed by atoms with Crippen LogP contribution in [0, 0.1) is 11.3 Å². The van der Waals surface area contributed by atoms with Crippen LogP contribution in [0.1, 0.15) is 53.9 Å². The fourth-order valence-corrected chi connectivity index (χ4v) is 4.17. The third kappa shape index (κ3) is 3.55. The average Bonchev–Trinajstić information content (AvgIpc) is 2.37. The largest absolute Gasteiger partial charge is 0.326 e. The number of hydrogen-bond donors (Lipinski definition) is 1. The minimum atomic E-state index is 0.383. The summed E-state index contributed by atoms with van der Waals surface area (Å²) in [5.74, 6) is 0.826. The first kappa shape index (κ1) is 16.3. The Morgan fingerprint density at radius 2 is 1.85 bits per heavy atom.